The summed E-state index contributed by atoms with van der Waals surface area (Å²) in [5.41, 5.74) is 1.67. The molecule has 0 radical (unpaired) electrons. The minimum Gasteiger partial charge on any atom is -0.711 e. The number of rotatable bonds is 5. The van der Waals surface area contributed by atoms with Crippen molar-refractivity contribution >= 4 is 29.2 Å². The molecular weight excluding hydrogens is 360 g/mol. The number of aromatic nitrogens is 2. The maximum absolute atomic E-state index is 12.8. The van der Waals surface area contributed by atoms with Crippen molar-refractivity contribution < 1.29 is 24.2 Å². The Bertz CT molecular complexity index is 854. The molecule has 9 nitrogen and oxygen atoms in total. The van der Waals surface area contributed by atoms with Gasteiger partial charge in [-0.1, -0.05) is 0 Å². The third kappa shape index (κ3) is 2.86. The average molecular weight is 378 g/mol. The van der Waals surface area contributed by atoms with E-state index in [0.717, 1.165) is 0 Å². The maximum Gasteiger partial charge on any atom is 0.328 e. The highest BCUT2D eigenvalue weighted by molar-refractivity contribution is 7.08. The number of nitrogens with one attached hydrogen (secondary N) is 2. The van der Waals surface area contributed by atoms with Gasteiger partial charge in [0.2, 0.25) is 11.8 Å². The molecule has 1 unspecified atom stereocenters. The van der Waals surface area contributed by atoms with Crippen LogP contribution in [0.2, 0.25) is 0 Å². The molecule has 2 aromatic rings. The maximum atomic E-state index is 12.8. The van der Waals surface area contributed by atoms with Gasteiger partial charge in [-0.15, -0.1) is 0 Å². The molecule has 3 heterocycles. The number of thiophene rings is 1. The highest BCUT2D eigenvalue weighted by atomic mass is 32.1. The summed E-state index contributed by atoms with van der Waals surface area (Å²) < 4.78 is 2.30. The van der Waals surface area contributed by atoms with Crippen molar-refractivity contribution in [3.8, 4) is 0 Å². The van der Waals surface area contributed by atoms with Crippen LogP contribution in [0.3, 0.4) is 0 Å². The first-order chi connectivity index (χ1) is 12.4. The van der Waals surface area contributed by atoms with Crippen LogP contribution in [0.1, 0.15) is 28.7 Å². The Labute approximate surface area is 152 Å². The van der Waals surface area contributed by atoms with Gasteiger partial charge in [0.25, 0.3) is 5.82 Å². The Morgan fingerprint density at radius 3 is 2.50 bits per heavy atom. The molecule has 1 atom stereocenters. The number of aliphatic hydroxyl groups excluding tert-OH is 1. The van der Waals surface area contributed by atoms with Crippen molar-refractivity contribution in [3.63, 3.8) is 0 Å². The summed E-state index contributed by atoms with van der Waals surface area (Å²) in [6, 6.07) is 0.848. The number of aliphatic hydroxyl groups is 1. The van der Waals surface area contributed by atoms with E-state index < -0.39 is 29.7 Å². The number of nitrogens with zero attached hydrogens (tertiary/aromatic N) is 2. The number of urea groups is 1. The number of hydrogen-bond donors (Lipinski definition) is 3. The van der Waals surface area contributed by atoms with Crippen molar-refractivity contribution in [1.29, 1.82) is 0 Å². The van der Waals surface area contributed by atoms with Crippen molar-refractivity contribution in [1.82, 2.24) is 15.2 Å². The summed E-state index contributed by atoms with van der Waals surface area (Å²) in [6.07, 6.45) is 0. The van der Waals surface area contributed by atoms with Crippen LogP contribution in [0, 0.1) is 25.0 Å². The van der Waals surface area contributed by atoms with Crippen LogP contribution in [0.15, 0.2) is 16.8 Å². The Morgan fingerprint density at radius 1 is 1.31 bits per heavy atom. The van der Waals surface area contributed by atoms with Gasteiger partial charge < -0.3 is 10.3 Å². The number of carbonyl (C=O) groups excluding carboxylic acids is 3. The Hall–Kier alpha value is -2.72. The predicted molar refractivity (Wildman–Crippen MR) is 91.3 cm³/mol. The van der Waals surface area contributed by atoms with E-state index >= 15 is 0 Å². The zero-order valence-electron chi connectivity index (χ0n) is 14.2. The number of barbiturate groups is 1. The third-order valence-corrected chi connectivity index (χ3v) is 5.30. The van der Waals surface area contributed by atoms with Gasteiger partial charge in [0, 0.05) is 13.8 Å². The number of amides is 4. The molecule has 1 aliphatic rings. The molecule has 3 rings (SSSR count). The minimum atomic E-state index is -1.28. The quantitative estimate of drug-likeness (QED) is 0.381. The Balaban J connectivity index is 2.22. The van der Waals surface area contributed by atoms with Crippen LogP contribution < -0.4 is 15.4 Å². The summed E-state index contributed by atoms with van der Waals surface area (Å²) in [6.45, 7) is 3.31. The first kappa shape index (κ1) is 18.1. The molecule has 3 N–H and O–H groups in total. The monoisotopic (exact) mass is 378 g/mol. The van der Waals surface area contributed by atoms with Gasteiger partial charge in [0.15, 0.2) is 0 Å². The van der Waals surface area contributed by atoms with Gasteiger partial charge in [-0.05, 0) is 22.4 Å². The van der Waals surface area contributed by atoms with Crippen LogP contribution in [0.25, 0.3) is 0 Å². The fourth-order valence-corrected chi connectivity index (χ4v) is 3.94. The van der Waals surface area contributed by atoms with Crippen molar-refractivity contribution in [2.24, 2.45) is 5.92 Å². The number of carbonyl (C=O) groups is 3. The normalized spacial score (nSPS) is 16.5. The van der Waals surface area contributed by atoms with Crippen LogP contribution in [-0.4, -0.2) is 34.1 Å². The molecule has 26 heavy (non-hydrogen) atoms. The van der Waals surface area contributed by atoms with Gasteiger partial charge in [0.05, 0.1) is 6.61 Å². The fourth-order valence-electron chi connectivity index (χ4n) is 3.25. The van der Waals surface area contributed by atoms with Gasteiger partial charge in [-0.2, -0.15) is 11.3 Å². The van der Waals surface area contributed by atoms with E-state index in [2.05, 4.69) is 10.6 Å². The predicted octanol–water partition coefficient (Wildman–Crippen LogP) is -0.0938. The van der Waals surface area contributed by atoms with Crippen molar-refractivity contribution in [2.75, 3.05) is 6.61 Å². The molecule has 2 aromatic heterocycles. The number of imidazole rings is 1. The fraction of sp³-hybridized carbons (Fsp3) is 0.375. The van der Waals surface area contributed by atoms with Crippen LogP contribution >= 0.6 is 11.3 Å². The lowest BCUT2D eigenvalue weighted by Gasteiger charge is -2.27. The molecule has 0 spiro atoms. The standard InChI is InChI=1S/C16H18N4O5S/c1-8-9(2)20(25)15(19(8)4-5-21)11(10-3-6-26-7-10)12-13(22)17-16(24)18-14(12)23/h3,6-7,11-12,21H,4-5H2,1-2H3,(H2,17,18,22,23,24). The smallest absolute Gasteiger partial charge is 0.328 e. The van der Waals surface area contributed by atoms with Gasteiger partial charge in [-0.25, -0.2) is 14.1 Å². The van der Waals surface area contributed by atoms with E-state index in [1.165, 1.54) is 11.3 Å². The third-order valence-electron chi connectivity index (χ3n) is 4.59. The zero-order chi connectivity index (χ0) is 19.0. The summed E-state index contributed by atoms with van der Waals surface area (Å²) in [5, 5.41) is 29.9. The topological polar surface area (TPSA) is 127 Å². The summed E-state index contributed by atoms with van der Waals surface area (Å²) in [7, 11) is 0. The summed E-state index contributed by atoms with van der Waals surface area (Å²) in [4.78, 5) is 36.3. The SMILES string of the molecule is Cc1c(C)[n+]([O-])c(C(c2ccsc2)C2C(=O)NC(=O)NC2=O)n1CCO. The van der Waals surface area contributed by atoms with E-state index in [-0.39, 0.29) is 19.0 Å². The highest BCUT2D eigenvalue weighted by Crippen LogP contribution is 2.34. The van der Waals surface area contributed by atoms with E-state index in [4.69, 9.17) is 0 Å². The molecular formula is C16H18N4O5S. The van der Waals surface area contributed by atoms with Crippen LogP contribution in [0.5, 0.6) is 0 Å². The van der Waals surface area contributed by atoms with Gasteiger partial charge >= 0.3 is 6.03 Å². The van der Waals surface area contributed by atoms with Crippen LogP contribution in [-0.2, 0) is 16.1 Å². The van der Waals surface area contributed by atoms with E-state index in [0.29, 0.717) is 21.7 Å². The minimum absolute atomic E-state index is 0.146. The molecule has 1 saturated heterocycles. The Morgan fingerprint density at radius 2 is 1.96 bits per heavy atom. The molecule has 0 aliphatic carbocycles. The second kappa shape index (κ2) is 6.89. The molecule has 4 amide bonds. The summed E-state index contributed by atoms with van der Waals surface area (Å²) >= 11 is 1.37. The Kier molecular flexibility index (Phi) is 4.79. The van der Waals surface area contributed by atoms with Gasteiger partial charge in [0.1, 0.15) is 29.8 Å². The zero-order valence-corrected chi connectivity index (χ0v) is 15.0. The van der Waals surface area contributed by atoms with Crippen LogP contribution in [0.4, 0.5) is 4.79 Å². The first-order valence-corrected chi connectivity index (χ1v) is 8.88. The second-order valence-corrected chi connectivity index (χ2v) is 6.80. The van der Waals surface area contributed by atoms with E-state index in [1.54, 1.807) is 35.2 Å². The lowest BCUT2D eigenvalue weighted by Crippen LogP contribution is -2.58. The molecule has 1 fully saturated rings. The molecule has 1 aliphatic heterocycles. The average Bonchev–Trinajstić information content (AvgIpc) is 3.17. The lowest BCUT2D eigenvalue weighted by molar-refractivity contribution is -0.621. The van der Waals surface area contributed by atoms with Crippen molar-refractivity contribution in [3.05, 3.63) is 44.8 Å². The molecule has 0 aromatic carbocycles. The molecule has 0 bridgehead atoms. The largest absolute Gasteiger partial charge is 0.711 e. The molecule has 10 heteroatoms. The number of imide groups is 2. The lowest BCUT2D eigenvalue weighted by atomic mass is 9.84. The first-order valence-electron chi connectivity index (χ1n) is 7.94. The van der Waals surface area contributed by atoms with Crippen molar-refractivity contribution in [2.45, 2.75) is 26.3 Å². The molecule has 138 valence electrons. The van der Waals surface area contributed by atoms with E-state index in [9.17, 15) is 24.7 Å². The highest BCUT2D eigenvalue weighted by Gasteiger charge is 2.47. The second-order valence-electron chi connectivity index (χ2n) is 6.02. The van der Waals surface area contributed by atoms with E-state index in [1.807, 2.05) is 0 Å². The van der Waals surface area contributed by atoms with Gasteiger partial charge in [-0.3, -0.25) is 20.2 Å². The number of hydrogen-bond acceptors (Lipinski definition) is 6. The molecule has 0 saturated carbocycles. The summed E-state index contributed by atoms with van der Waals surface area (Å²) in [5.74, 6) is -3.53.